The molecule has 1 N–H and O–H groups in total. The topological polar surface area (TPSA) is 68.3 Å². The SMILES string of the molecule is CCOC(=O)C1CCc2nc(NC(=O)c3cccc4ccccc34)sc2C1. The average Bonchev–Trinajstić information content (AvgIpc) is 3.09. The summed E-state index contributed by atoms with van der Waals surface area (Å²) in [4.78, 5) is 30.4. The Hall–Kier alpha value is -2.73. The molecule has 0 spiro atoms. The van der Waals surface area contributed by atoms with Crippen molar-refractivity contribution in [1.82, 2.24) is 4.98 Å². The smallest absolute Gasteiger partial charge is 0.309 e. The second-order valence-corrected chi connectivity index (χ2v) is 7.65. The van der Waals surface area contributed by atoms with Crippen molar-refractivity contribution in [3.8, 4) is 0 Å². The van der Waals surface area contributed by atoms with Crippen LogP contribution in [0, 0.1) is 5.92 Å². The minimum absolute atomic E-state index is 0.112. The molecular formula is C21H20N2O3S. The first-order valence-corrected chi connectivity index (χ1v) is 9.91. The normalized spacial score (nSPS) is 16.0. The van der Waals surface area contributed by atoms with E-state index >= 15 is 0 Å². The maximum absolute atomic E-state index is 12.8. The zero-order chi connectivity index (χ0) is 18.8. The Morgan fingerprint density at radius 2 is 2.04 bits per heavy atom. The van der Waals surface area contributed by atoms with Gasteiger partial charge in [-0.25, -0.2) is 4.98 Å². The highest BCUT2D eigenvalue weighted by molar-refractivity contribution is 7.15. The number of benzene rings is 2. The number of esters is 1. The molecular weight excluding hydrogens is 360 g/mol. The van der Waals surface area contributed by atoms with Crippen LogP contribution >= 0.6 is 11.3 Å². The number of rotatable bonds is 4. The van der Waals surface area contributed by atoms with Gasteiger partial charge in [-0.15, -0.1) is 11.3 Å². The van der Waals surface area contributed by atoms with E-state index in [2.05, 4.69) is 10.3 Å². The van der Waals surface area contributed by atoms with E-state index in [0.29, 0.717) is 23.7 Å². The van der Waals surface area contributed by atoms with Gasteiger partial charge in [-0.1, -0.05) is 36.4 Å². The molecule has 0 fully saturated rings. The Bertz CT molecular complexity index is 1010. The van der Waals surface area contributed by atoms with Gasteiger partial charge in [0, 0.05) is 10.4 Å². The molecule has 138 valence electrons. The summed E-state index contributed by atoms with van der Waals surface area (Å²) in [5, 5.41) is 5.46. The van der Waals surface area contributed by atoms with Crippen molar-refractivity contribution in [3.63, 3.8) is 0 Å². The molecule has 0 bridgehead atoms. The van der Waals surface area contributed by atoms with Crippen molar-refractivity contribution >= 4 is 39.1 Å². The number of hydrogen-bond acceptors (Lipinski definition) is 5. The number of aromatic nitrogens is 1. The van der Waals surface area contributed by atoms with Gasteiger partial charge in [-0.2, -0.15) is 0 Å². The first kappa shape index (κ1) is 17.7. The fraction of sp³-hybridized carbons (Fsp3) is 0.286. The number of thiazole rings is 1. The number of carbonyl (C=O) groups is 2. The van der Waals surface area contributed by atoms with Crippen LogP contribution < -0.4 is 5.32 Å². The number of nitrogens with one attached hydrogen (secondary N) is 1. The summed E-state index contributed by atoms with van der Waals surface area (Å²) < 4.78 is 5.14. The molecule has 1 aliphatic carbocycles. The monoisotopic (exact) mass is 380 g/mol. The van der Waals surface area contributed by atoms with E-state index in [1.54, 1.807) is 0 Å². The molecule has 1 amide bonds. The predicted octanol–water partition coefficient (Wildman–Crippen LogP) is 4.22. The Morgan fingerprint density at radius 3 is 2.89 bits per heavy atom. The second kappa shape index (κ2) is 7.48. The fourth-order valence-electron chi connectivity index (χ4n) is 3.48. The zero-order valence-electron chi connectivity index (χ0n) is 15.0. The number of amides is 1. The number of anilines is 1. The summed E-state index contributed by atoms with van der Waals surface area (Å²) in [6, 6.07) is 13.5. The third-order valence-electron chi connectivity index (χ3n) is 4.81. The van der Waals surface area contributed by atoms with Gasteiger partial charge in [0.1, 0.15) is 0 Å². The summed E-state index contributed by atoms with van der Waals surface area (Å²) in [6.07, 6.45) is 2.11. The van der Waals surface area contributed by atoms with E-state index in [-0.39, 0.29) is 17.8 Å². The highest BCUT2D eigenvalue weighted by Crippen LogP contribution is 2.33. The molecule has 4 rings (SSSR count). The highest BCUT2D eigenvalue weighted by atomic mass is 32.1. The van der Waals surface area contributed by atoms with Crippen LogP contribution in [0.15, 0.2) is 42.5 Å². The van der Waals surface area contributed by atoms with Crippen LogP contribution in [0.3, 0.4) is 0 Å². The molecule has 6 heteroatoms. The van der Waals surface area contributed by atoms with Crippen LogP contribution in [0.2, 0.25) is 0 Å². The Balaban J connectivity index is 1.53. The summed E-state index contributed by atoms with van der Waals surface area (Å²) in [7, 11) is 0. The lowest BCUT2D eigenvalue weighted by atomic mass is 9.91. The van der Waals surface area contributed by atoms with E-state index in [9.17, 15) is 9.59 Å². The van der Waals surface area contributed by atoms with Gasteiger partial charge in [-0.3, -0.25) is 14.9 Å². The lowest BCUT2D eigenvalue weighted by molar-refractivity contribution is -0.148. The Morgan fingerprint density at radius 1 is 1.22 bits per heavy atom. The van der Waals surface area contributed by atoms with Crippen LogP contribution in [0.25, 0.3) is 10.8 Å². The lowest BCUT2D eigenvalue weighted by Gasteiger charge is -2.18. The number of hydrogen-bond donors (Lipinski definition) is 1. The van der Waals surface area contributed by atoms with E-state index in [1.807, 2.05) is 49.4 Å². The molecule has 1 heterocycles. The third-order valence-corrected chi connectivity index (χ3v) is 5.85. The largest absolute Gasteiger partial charge is 0.466 e. The molecule has 27 heavy (non-hydrogen) atoms. The van der Waals surface area contributed by atoms with Crippen molar-refractivity contribution in [3.05, 3.63) is 58.6 Å². The molecule has 0 saturated heterocycles. The first-order chi connectivity index (χ1) is 13.2. The summed E-state index contributed by atoms with van der Waals surface area (Å²) in [6.45, 7) is 2.22. The van der Waals surface area contributed by atoms with Gasteiger partial charge < -0.3 is 4.74 Å². The van der Waals surface area contributed by atoms with Gasteiger partial charge >= 0.3 is 5.97 Å². The molecule has 1 unspecified atom stereocenters. The maximum Gasteiger partial charge on any atom is 0.309 e. The predicted molar refractivity (Wildman–Crippen MR) is 106 cm³/mol. The van der Waals surface area contributed by atoms with Gasteiger partial charge in [0.05, 0.1) is 18.2 Å². The summed E-state index contributed by atoms with van der Waals surface area (Å²) in [5.41, 5.74) is 1.61. The molecule has 2 aromatic carbocycles. The molecule has 1 aliphatic rings. The number of ether oxygens (including phenoxy) is 1. The molecule has 3 aromatic rings. The van der Waals surface area contributed by atoms with Crippen molar-refractivity contribution in [2.24, 2.45) is 5.92 Å². The van der Waals surface area contributed by atoms with Crippen LogP contribution in [0.5, 0.6) is 0 Å². The summed E-state index contributed by atoms with van der Waals surface area (Å²) >= 11 is 1.45. The van der Waals surface area contributed by atoms with Crippen molar-refractivity contribution < 1.29 is 14.3 Å². The minimum atomic E-state index is -0.167. The zero-order valence-corrected chi connectivity index (χ0v) is 15.8. The molecule has 5 nitrogen and oxygen atoms in total. The Kier molecular flexibility index (Phi) is 4.90. The summed E-state index contributed by atoms with van der Waals surface area (Å²) in [5.74, 6) is -0.419. The standard InChI is InChI=1S/C21H20N2O3S/c1-2-26-20(25)14-10-11-17-18(12-14)27-21(22-17)23-19(24)16-9-5-7-13-6-3-4-8-15(13)16/h3-9,14H,2,10-12H2,1H3,(H,22,23,24). The van der Waals surface area contributed by atoms with Gasteiger partial charge in [0.2, 0.25) is 0 Å². The van der Waals surface area contributed by atoms with Gasteiger partial charge in [0.15, 0.2) is 5.13 Å². The number of fused-ring (bicyclic) bond motifs is 2. The molecule has 1 aromatic heterocycles. The second-order valence-electron chi connectivity index (χ2n) is 6.56. The Labute approximate surface area is 161 Å². The average molecular weight is 380 g/mol. The van der Waals surface area contributed by atoms with Gasteiger partial charge in [0.25, 0.3) is 5.91 Å². The third kappa shape index (κ3) is 3.57. The van der Waals surface area contributed by atoms with E-state index in [1.165, 1.54) is 11.3 Å². The van der Waals surface area contributed by atoms with Crippen LogP contribution in [-0.2, 0) is 22.4 Å². The molecule has 0 aliphatic heterocycles. The molecule has 0 saturated carbocycles. The molecule has 0 radical (unpaired) electrons. The van der Waals surface area contributed by atoms with Crippen LogP contribution in [0.4, 0.5) is 5.13 Å². The van der Waals surface area contributed by atoms with Crippen LogP contribution in [-0.4, -0.2) is 23.5 Å². The van der Waals surface area contributed by atoms with E-state index < -0.39 is 0 Å². The van der Waals surface area contributed by atoms with Crippen LogP contribution in [0.1, 0.15) is 34.3 Å². The maximum atomic E-state index is 12.8. The van der Waals surface area contributed by atoms with Gasteiger partial charge in [-0.05, 0) is 43.0 Å². The lowest BCUT2D eigenvalue weighted by Crippen LogP contribution is -2.24. The van der Waals surface area contributed by atoms with E-state index in [4.69, 9.17) is 4.74 Å². The highest BCUT2D eigenvalue weighted by Gasteiger charge is 2.28. The quantitative estimate of drug-likeness (QED) is 0.688. The van der Waals surface area contributed by atoms with Crippen molar-refractivity contribution in [2.45, 2.75) is 26.2 Å². The van der Waals surface area contributed by atoms with Crippen molar-refractivity contribution in [1.29, 1.82) is 0 Å². The number of carbonyl (C=O) groups excluding carboxylic acids is 2. The van der Waals surface area contributed by atoms with E-state index in [0.717, 1.165) is 34.2 Å². The first-order valence-electron chi connectivity index (χ1n) is 9.10. The van der Waals surface area contributed by atoms with Crippen molar-refractivity contribution in [2.75, 3.05) is 11.9 Å². The minimum Gasteiger partial charge on any atom is -0.466 e. The molecule has 1 atom stereocenters. The number of aryl methyl sites for hydroxylation is 1. The number of nitrogens with zero attached hydrogens (tertiary/aromatic N) is 1. The fourth-order valence-corrected chi connectivity index (χ4v) is 4.56.